The van der Waals surface area contributed by atoms with Gasteiger partial charge in [-0.2, -0.15) is 12.2 Å². The van der Waals surface area contributed by atoms with Crippen LogP contribution in [0.2, 0.25) is 0 Å². The fourth-order valence-corrected chi connectivity index (χ4v) is 1.71. The van der Waals surface area contributed by atoms with Crippen molar-refractivity contribution in [3.8, 4) is 0 Å². The molecule has 1 aliphatic carbocycles. The smallest absolute Gasteiger partial charge is 0.0392 e. The van der Waals surface area contributed by atoms with E-state index in [0.717, 1.165) is 5.57 Å². The quantitative estimate of drug-likeness (QED) is 0.541. The molecule has 0 amide bonds. The van der Waals surface area contributed by atoms with Crippen LogP contribution in [-0.4, -0.2) is 0 Å². The summed E-state index contributed by atoms with van der Waals surface area (Å²) in [5, 5.41) is 0. The predicted molar refractivity (Wildman–Crippen MR) is 81.6 cm³/mol. The van der Waals surface area contributed by atoms with Crippen LogP contribution in [0.1, 0.15) is 30.5 Å². The molecular formula is C18H23-. The molecule has 0 nitrogen and oxygen atoms in total. The Hall–Kier alpha value is -1.69. The van der Waals surface area contributed by atoms with E-state index in [1.807, 2.05) is 12.2 Å². The monoisotopic (exact) mass is 239 g/mol. The van der Waals surface area contributed by atoms with Gasteiger partial charge in [0.15, 0.2) is 0 Å². The van der Waals surface area contributed by atoms with Crippen LogP contribution in [0.5, 0.6) is 0 Å². The van der Waals surface area contributed by atoms with Crippen molar-refractivity contribution in [1.29, 1.82) is 0 Å². The first kappa shape index (κ1) is 14.4. The molecule has 0 unspecified atom stereocenters. The molecule has 1 aromatic rings. The first-order valence-corrected chi connectivity index (χ1v) is 6.34. The van der Waals surface area contributed by atoms with Gasteiger partial charge in [0.25, 0.3) is 0 Å². The number of hydrogen-bond acceptors (Lipinski definition) is 0. The molecule has 0 N–H and O–H groups in total. The Morgan fingerprint density at radius 2 is 1.56 bits per heavy atom. The molecular weight excluding hydrogens is 216 g/mol. The molecule has 0 aromatic heterocycles. The number of rotatable bonds is 0. The summed E-state index contributed by atoms with van der Waals surface area (Å²) >= 11 is 0. The second-order valence-corrected chi connectivity index (χ2v) is 4.88. The Morgan fingerprint density at radius 1 is 1.00 bits per heavy atom. The van der Waals surface area contributed by atoms with Crippen molar-refractivity contribution in [2.24, 2.45) is 0 Å². The average Bonchev–Trinajstić information content (AvgIpc) is 2.34. The molecule has 0 heterocycles. The van der Waals surface area contributed by atoms with Crippen LogP contribution < -0.4 is 0 Å². The average molecular weight is 239 g/mol. The normalized spacial score (nSPS) is 13.9. The third-order valence-corrected chi connectivity index (χ3v) is 3.59. The molecule has 96 valence electrons. The van der Waals surface area contributed by atoms with Crippen LogP contribution in [0.25, 0.3) is 0 Å². The van der Waals surface area contributed by atoms with Crippen LogP contribution in [0.15, 0.2) is 54.2 Å². The highest BCUT2D eigenvalue weighted by Crippen LogP contribution is 2.24. The highest BCUT2D eigenvalue weighted by atomic mass is 14.1. The van der Waals surface area contributed by atoms with Crippen molar-refractivity contribution >= 4 is 0 Å². The van der Waals surface area contributed by atoms with Gasteiger partial charge in [0.2, 0.25) is 0 Å². The summed E-state index contributed by atoms with van der Waals surface area (Å²) in [6, 6.07) is 6.38. The molecule has 0 atom stereocenters. The minimum atomic E-state index is 1.13. The van der Waals surface area contributed by atoms with Crippen molar-refractivity contribution < 1.29 is 0 Å². The zero-order valence-electron chi connectivity index (χ0n) is 12.2. The highest BCUT2D eigenvalue weighted by molar-refractivity contribution is 5.48. The number of hydrogen-bond donors (Lipinski definition) is 0. The molecule has 18 heavy (non-hydrogen) atoms. The van der Waals surface area contributed by atoms with Gasteiger partial charge in [-0.3, -0.25) is 0 Å². The lowest BCUT2D eigenvalue weighted by Gasteiger charge is -2.23. The molecule has 0 spiro atoms. The summed E-state index contributed by atoms with van der Waals surface area (Å²) in [6.45, 7) is 14.5. The van der Waals surface area contributed by atoms with Crippen LogP contribution in [0.4, 0.5) is 0 Å². The Morgan fingerprint density at radius 3 is 1.94 bits per heavy atom. The van der Waals surface area contributed by atoms with Gasteiger partial charge in [0.05, 0.1) is 0 Å². The third kappa shape index (κ3) is 3.66. The lowest BCUT2D eigenvalue weighted by molar-refractivity contribution is 1.14. The summed E-state index contributed by atoms with van der Waals surface area (Å²) in [6.07, 6.45) is 6.16. The highest BCUT2D eigenvalue weighted by Gasteiger charge is 1.98. The van der Waals surface area contributed by atoms with Gasteiger partial charge in [0, 0.05) is 0 Å². The van der Waals surface area contributed by atoms with Gasteiger partial charge in [-0.05, 0) is 37.5 Å². The van der Waals surface area contributed by atoms with E-state index >= 15 is 0 Å². The van der Waals surface area contributed by atoms with E-state index < -0.39 is 0 Å². The van der Waals surface area contributed by atoms with Crippen LogP contribution in [-0.2, 0) is 0 Å². The van der Waals surface area contributed by atoms with Gasteiger partial charge in [-0.1, -0.05) is 32.0 Å². The topological polar surface area (TPSA) is 0 Å². The SMILES string of the molecule is C=C1C=CC=C(C)[C-]1C.Cc1cccc(C)c1C. The molecule has 0 heteroatoms. The van der Waals surface area contributed by atoms with E-state index in [4.69, 9.17) is 0 Å². The maximum atomic E-state index is 3.88. The molecule has 1 aromatic carbocycles. The molecule has 2 rings (SSSR count). The van der Waals surface area contributed by atoms with E-state index in [1.54, 1.807) is 0 Å². The van der Waals surface area contributed by atoms with Gasteiger partial charge in [0.1, 0.15) is 0 Å². The van der Waals surface area contributed by atoms with Crippen LogP contribution in [0, 0.1) is 26.7 Å². The minimum Gasteiger partial charge on any atom is -0.171 e. The summed E-state index contributed by atoms with van der Waals surface area (Å²) in [7, 11) is 0. The zero-order chi connectivity index (χ0) is 13.7. The molecule has 0 saturated heterocycles. The first-order chi connectivity index (χ1) is 8.43. The second kappa shape index (κ2) is 6.30. The van der Waals surface area contributed by atoms with E-state index in [1.165, 1.54) is 28.2 Å². The number of allylic oxidation sites excluding steroid dienone is 5. The number of aryl methyl sites for hydroxylation is 2. The Bertz CT molecular complexity index is 467. The van der Waals surface area contributed by atoms with E-state index in [2.05, 4.69) is 65.5 Å². The van der Waals surface area contributed by atoms with Gasteiger partial charge >= 0.3 is 0 Å². The van der Waals surface area contributed by atoms with E-state index in [0.29, 0.717) is 0 Å². The summed E-state index contributed by atoms with van der Waals surface area (Å²) in [4.78, 5) is 0. The second-order valence-electron chi connectivity index (χ2n) is 4.88. The predicted octanol–water partition coefficient (Wildman–Crippen LogP) is 5.26. The Balaban J connectivity index is 0.000000180. The van der Waals surface area contributed by atoms with Crippen molar-refractivity contribution in [2.45, 2.75) is 34.6 Å². The maximum absolute atomic E-state index is 3.88. The lowest BCUT2D eigenvalue weighted by Crippen LogP contribution is -1.97. The van der Waals surface area contributed by atoms with Gasteiger partial charge < -0.3 is 0 Å². The maximum Gasteiger partial charge on any atom is -0.0392 e. The van der Waals surface area contributed by atoms with E-state index in [9.17, 15) is 0 Å². The largest absolute Gasteiger partial charge is 0.171 e. The standard InChI is InChI=1S/C9H12.C9H11/c2*1-7-5-4-6-8(2)9(7)3/h4-6H,1-3H3;4-6H,1H2,2-3H3/q;-1. The van der Waals surface area contributed by atoms with Crippen molar-refractivity contribution in [3.63, 3.8) is 0 Å². The minimum absolute atomic E-state index is 1.13. The molecule has 0 fully saturated rings. The number of benzene rings is 1. The zero-order valence-corrected chi connectivity index (χ0v) is 12.2. The summed E-state index contributed by atoms with van der Waals surface area (Å²) in [5.41, 5.74) is 6.64. The summed E-state index contributed by atoms with van der Waals surface area (Å²) in [5.74, 6) is 1.30. The Labute approximate surface area is 112 Å². The molecule has 1 aliphatic rings. The fourth-order valence-electron chi connectivity index (χ4n) is 1.71. The van der Waals surface area contributed by atoms with Gasteiger partial charge in [-0.15, -0.1) is 29.7 Å². The molecule has 0 radical (unpaired) electrons. The first-order valence-electron chi connectivity index (χ1n) is 6.34. The van der Waals surface area contributed by atoms with Crippen molar-refractivity contribution in [1.82, 2.24) is 0 Å². The fraction of sp³-hybridized carbons (Fsp3) is 0.278. The lowest BCUT2D eigenvalue weighted by atomic mass is 9.91. The Kier molecular flexibility index (Phi) is 5.03. The molecule has 0 bridgehead atoms. The molecule has 0 saturated carbocycles. The summed E-state index contributed by atoms with van der Waals surface area (Å²) < 4.78 is 0. The third-order valence-electron chi connectivity index (χ3n) is 3.59. The van der Waals surface area contributed by atoms with Crippen LogP contribution in [0.3, 0.4) is 0 Å². The molecule has 0 aliphatic heterocycles. The van der Waals surface area contributed by atoms with Crippen molar-refractivity contribution in [3.05, 3.63) is 76.8 Å². The van der Waals surface area contributed by atoms with Crippen LogP contribution >= 0.6 is 0 Å². The van der Waals surface area contributed by atoms with E-state index in [-0.39, 0.29) is 0 Å². The van der Waals surface area contributed by atoms with Gasteiger partial charge in [-0.25, -0.2) is 0 Å². The van der Waals surface area contributed by atoms with Crippen molar-refractivity contribution in [2.75, 3.05) is 0 Å².